The number of hydrogen-bond acceptors (Lipinski definition) is 5. The molecule has 2 aromatic rings. The number of carbonyl (C=O) groups excluding carboxylic acids is 1. The smallest absolute Gasteiger partial charge is 0.341 e. The lowest BCUT2D eigenvalue weighted by Gasteiger charge is -2.23. The summed E-state index contributed by atoms with van der Waals surface area (Å²) >= 11 is 0. The molecule has 2 rings (SSSR count). The minimum Gasteiger partial charge on any atom is -0.488 e. The molecule has 0 aliphatic carbocycles. The van der Waals surface area contributed by atoms with Gasteiger partial charge in [0.1, 0.15) is 17.9 Å². The maximum atomic E-state index is 11.8. The molecule has 0 fully saturated rings. The zero-order chi connectivity index (χ0) is 19.2. The molecule has 0 heterocycles. The summed E-state index contributed by atoms with van der Waals surface area (Å²) in [4.78, 5) is 11.8. The summed E-state index contributed by atoms with van der Waals surface area (Å²) in [7, 11) is 1.34. The van der Waals surface area contributed by atoms with Crippen LogP contribution in [0.2, 0.25) is 0 Å². The number of aliphatic hydroxyl groups is 1. The Kier molecular flexibility index (Phi) is 6.77. The monoisotopic (exact) mass is 357 g/mol. The molecule has 5 heteroatoms. The van der Waals surface area contributed by atoms with Crippen LogP contribution in [-0.2, 0) is 11.3 Å². The number of hydrogen-bond donors (Lipinski definition) is 2. The summed E-state index contributed by atoms with van der Waals surface area (Å²) in [6, 6.07) is 14.6. The van der Waals surface area contributed by atoms with Crippen LogP contribution in [0.25, 0.3) is 0 Å². The van der Waals surface area contributed by atoms with Gasteiger partial charge in [0.15, 0.2) is 0 Å². The molecule has 26 heavy (non-hydrogen) atoms. The first-order valence-corrected chi connectivity index (χ1v) is 8.62. The van der Waals surface area contributed by atoms with Crippen molar-refractivity contribution in [1.29, 1.82) is 0 Å². The molecule has 0 spiro atoms. The highest BCUT2D eigenvalue weighted by atomic mass is 16.5. The number of aliphatic hydroxyl groups excluding tert-OH is 1. The highest BCUT2D eigenvalue weighted by molar-refractivity contribution is 5.92. The second-order valence-corrected chi connectivity index (χ2v) is 7.17. The van der Waals surface area contributed by atoms with Crippen LogP contribution in [0, 0.1) is 0 Å². The van der Waals surface area contributed by atoms with Gasteiger partial charge in [0.2, 0.25) is 0 Å². The van der Waals surface area contributed by atoms with Crippen molar-refractivity contribution in [2.45, 2.75) is 39.0 Å². The van der Waals surface area contributed by atoms with Gasteiger partial charge in [-0.25, -0.2) is 4.79 Å². The van der Waals surface area contributed by atoms with Crippen molar-refractivity contribution >= 4 is 5.97 Å². The number of ether oxygens (including phenoxy) is 2. The first kappa shape index (κ1) is 19.9. The summed E-state index contributed by atoms with van der Waals surface area (Å²) in [6.45, 7) is 6.94. The van der Waals surface area contributed by atoms with Crippen LogP contribution >= 0.6 is 0 Å². The Morgan fingerprint density at radius 1 is 1.15 bits per heavy atom. The van der Waals surface area contributed by atoms with E-state index in [2.05, 4.69) is 26.1 Å². The molecule has 0 aliphatic rings. The first-order valence-electron chi connectivity index (χ1n) is 8.62. The van der Waals surface area contributed by atoms with Crippen molar-refractivity contribution < 1.29 is 19.4 Å². The number of benzene rings is 2. The van der Waals surface area contributed by atoms with Crippen LogP contribution in [0.4, 0.5) is 0 Å². The topological polar surface area (TPSA) is 67.8 Å². The molecule has 0 aromatic heterocycles. The zero-order valence-corrected chi connectivity index (χ0v) is 15.8. The van der Waals surface area contributed by atoms with Crippen molar-refractivity contribution in [3.8, 4) is 5.75 Å². The fourth-order valence-corrected chi connectivity index (χ4v) is 2.44. The van der Waals surface area contributed by atoms with Gasteiger partial charge in [0.25, 0.3) is 0 Å². The van der Waals surface area contributed by atoms with Crippen molar-refractivity contribution in [2.75, 3.05) is 13.7 Å². The Bertz CT molecular complexity index is 737. The predicted molar refractivity (Wildman–Crippen MR) is 101 cm³/mol. The lowest BCUT2D eigenvalue weighted by atomic mass is 10.0. The van der Waals surface area contributed by atoms with Crippen LogP contribution in [0.3, 0.4) is 0 Å². The van der Waals surface area contributed by atoms with Gasteiger partial charge in [-0.3, -0.25) is 0 Å². The van der Waals surface area contributed by atoms with Gasteiger partial charge in [0.05, 0.1) is 13.2 Å². The first-order chi connectivity index (χ1) is 12.3. The van der Waals surface area contributed by atoms with Gasteiger partial charge < -0.3 is 19.9 Å². The van der Waals surface area contributed by atoms with Gasteiger partial charge in [0, 0.05) is 12.1 Å². The Labute approximate surface area is 155 Å². The van der Waals surface area contributed by atoms with Crippen molar-refractivity contribution in [2.24, 2.45) is 0 Å². The van der Waals surface area contributed by atoms with Crippen LogP contribution in [0.15, 0.2) is 48.5 Å². The van der Waals surface area contributed by atoms with Crippen molar-refractivity contribution in [3.63, 3.8) is 0 Å². The van der Waals surface area contributed by atoms with E-state index in [1.54, 1.807) is 24.3 Å². The molecular formula is C21H27NO4. The van der Waals surface area contributed by atoms with Crippen LogP contribution in [0.5, 0.6) is 5.75 Å². The number of esters is 1. The zero-order valence-electron chi connectivity index (χ0n) is 15.8. The third kappa shape index (κ3) is 5.86. The predicted octanol–water partition coefficient (Wildman–Crippen LogP) is 3.47. The molecule has 5 nitrogen and oxygen atoms in total. The Morgan fingerprint density at radius 3 is 2.58 bits per heavy atom. The third-order valence-corrected chi connectivity index (χ3v) is 3.85. The molecule has 0 saturated heterocycles. The SMILES string of the molecule is COC(=O)c1ccccc1OCc1cccc(C(O)CNC(C)(C)C)c1. The lowest BCUT2D eigenvalue weighted by molar-refractivity contribution is 0.0595. The highest BCUT2D eigenvalue weighted by Crippen LogP contribution is 2.21. The number of rotatable bonds is 7. The van der Waals surface area contributed by atoms with E-state index in [0.717, 1.165) is 11.1 Å². The van der Waals surface area contributed by atoms with E-state index < -0.39 is 12.1 Å². The number of para-hydroxylation sites is 1. The summed E-state index contributed by atoms with van der Waals surface area (Å²) < 4.78 is 10.6. The van der Waals surface area contributed by atoms with Crippen molar-refractivity contribution in [3.05, 3.63) is 65.2 Å². The normalized spacial score (nSPS) is 12.5. The Morgan fingerprint density at radius 2 is 1.88 bits per heavy atom. The Balaban J connectivity index is 2.04. The van der Waals surface area contributed by atoms with Crippen molar-refractivity contribution in [1.82, 2.24) is 5.32 Å². The summed E-state index contributed by atoms with van der Waals surface area (Å²) in [5.41, 5.74) is 2.07. The molecule has 0 bridgehead atoms. The lowest BCUT2D eigenvalue weighted by Crippen LogP contribution is -2.38. The quantitative estimate of drug-likeness (QED) is 0.743. The largest absolute Gasteiger partial charge is 0.488 e. The number of nitrogens with one attached hydrogen (secondary N) is 1. The molecular weight excluding hydrogens is 330 g/mol. The number of β-amino-alcohol motifs (C(OH)–C–C–N with tert-alkyl or cyclic N) is 1. The average Bonchev–Trinajstić information content (AvgIpc) is 2.63. The highest BCUT2D eigenvalue weighted by Gasteiger charge is 2.15. The summed E-state index contributed by atoms with van der Waals surface area (Å²) in [6.07, 6.45) is -0.600. The molecule has 2 N–H and O–H groups in total. The number of methoxy groups -OCH3 is 1. The standard InChI is InChI=1S/C21H27NO4/c1-21(2,3)22-13-18(23)16-9-7-8-15(12-16)14-26-19-11-6-5-10-17(19)20(24)25-4/h5-12,18,22-23H,13-14H2,1-4H3. The van der Waals surface area contributed by atoms with E-state index >= 15 is 0 Å². The van der Waals surface area contributed by atoms with Gasteiger partial charge in [-0.1, -0.05) is 30.3 Å². The average molecular weight is 357 g/mol. The summed E-state index contributed by atoms with van der Waals surface area (Å²) in [5.74, 6) is 0.0396. The molecule has 1 atom stereocenters. The van der Waals surface area contributed by atoms with Crippen LogP contribution in [0.1, 0.15) is 48.4 Å². The van der Waals surface area contributed by atoms with Gasteiger partial charge in [-0.15, -0.1) is 0 Å². The fourth-order valence-electron chi connectivity index (χ4n) is 2.44. The molecule has 0 radical (unpaired) electrons. The molecule has 0 amide bonds. The van der Waals surface area contributed by atoms with E-state index in [4.69, 9.17) is 9.47 Å². The minimum absolute atomic E-state index is 0.0563. The van der Waals surface area contributed by atoms with E-state index in [-0.39, 0.29) is 5.54 Å². The minimum atomic E-state index is -0.600. The van der Waals surface area contributed by atoms with Gasteiger partial charge in [-0.05, 0) is 50.1 Å². The molecule has 140 valence electrons. The molecule has 0 aliphatic heterocycles. The summed E-state index contributed by atoms with van der Waals surface area (Å²) in [5, 5.41) is 13.7. The molecule has 1 unspecified atom stereocenters. The maximum absolute atomic E-state index is 11.8. The second kappa shape index (κ2) is 8.83. The fraction of sp³-hybridized carbons (Fsp3) is 0.381. The van der Waals surface area contributed by atoms with Crippen LogP contribution < -0.4 is 10.1 Å². The number of carbonyl (C=O) groups is 1. The molecule has 0 saturated carbocycles. The van der Waals surface area contributed by atoms with E-state index in [1.807, 2.05) is 24.3 Å². The van der Waals surface area contributed by atoms with E-state index in [9.17, 15) is 9.90 Å². The van der Waals surface area contributed by atoms with Crippen LogP contribution in [-0.4, -0.2) is 30.3 Å². The van der Waals surface area contributed by atoms with Gasteiger partial charge >= 0.3 is 5.97 Å². The second-order valence-electron chi connectivity index (χ2n) is 7.17. The Hall–Kier alpha value is -2.37. The van der Waals surface area contributed by atoms with E-state index in [0.29, 0.717) is 24.5 Å². The third-order valence-electron chi connectivity index (χ3n) is 3.85. The maximum Gasteiger partial charge on any atom is 0.341 e. The van der Waals surface area contributed by atoms with E-state index in [1.165, 1.54) is 7.11 Å². The molecule has 2 aromatic carbocycles. The van der Waals surface area contributed by atoms with Gasteiger partial charge in [-0.2, -0.15) is 0 Å².